The molecule has 1 aromatic heterocycles. The minimum Gasteiger partial charge on any atom is -0.485 e. The molecule has 2 amide bonds. The van der Waals surface area contributed by atoms with Crippen LogP contribution >= 0.6 is 0 Å². The predicted molar refractivity (Wildman–Crippen MR) is 89.2 cm³/mol. The lowest BCUT2D eigenvalue weighted by molar-refractivity contribution is -0.116. The molecular formula is C17H20N4O4. The van der Waals surface area contributed by atoms with Crippen molar-refractivity contribution in [1.82, 2.24) is 15.5 Å². The Morgan fingerprint density at radius 2 is 2.24 bits per heavy atom. The van der Waals surface area contributed by atoms with E-state index in [4.69, 9.17) is 9.26 Å². The SMILES string of the molecule is CC(C)CNC(=O)c1nc(COc2ccc3c(c2)NC(=O)CC3)no1. The number of anilines is 1. The summed E-state index contributed by atoms with van der Waals surface area (Å²) < 4.78 is 10.6. The third kappa shape index (κ3) is 4.34. The first-order valence-electron chi connectivity index (χ1n) is 8.17. The van der Waals surface area contributed by atoms with E-state index in [9.17, 15) is 9.59 Å². The topological polar surface area (TPSA) is 106 Å². The quantitative estimate of drug-likeness (QED) is 0.829. The molecule has 1 aromatic carbocycles. The van der Waals surface area contributed by atoms with Gasteiger partial charge in [-0.2, -0.15) is 4.98 Å². The van der Waals surface area contributed by atoms with Gasteiger partial charge < -0.3 is 19.9 Å². The Morgan fingerprint density at radius 1 is 1.40 bits per heavy atom. The summed E-state index contributed by atoms with van der Waals surface area (Å²) in [6.45, 7) is 4.59. The number of benzene rings is 1. The molecule has 0 spiro atoms. The standard InChI is InChI=1S/C17H20N4O4/c1-10(2)8-18-16(23)17-20-14(21-25-17)9-24-12-5-3-11-4-6-15(22)19-13(11)7-12/h3,5,7,10H,4,6,8-9H2,1-2H3,(H,18,23)(H,19,22). The van der Waals surface area contributed by atoms with Crippen molar-refractivity contribution in [2.75, 3.05) is 11.9 Å². The van der Waals surface area contributed by atoms with Crippen LogP contribution in [0.15, 0.2) is 22.7 Å². The van der Waals surface area contributed by atoms with E-state index in [0.29, 0.717) is 24.6 Å². The van der Waals surface area contributed by atoms with Gasteiger partial charge in [-0.1, -0.05) is 25.1 Å². The van der Waals surface area contributed by atoms with Crippen molar-refractivity contribution in [2.24, 2.45) is 5.92 Å². The number of hydrogen-bond donors (Lipinski definition) is 2. The van der Waals surface area contributed by atoms with Crippen molar-refractivity contribution in [3.05, 3.63) is 35.5 Å². The average molecular weight is 344 g/mol. The van der Waals surface area contributed by atoms with E-state index in [1.54, 1.807) is 6.07 Å². The Labute approximate surface area is 144 Å². The zero-order valence-electron chi connectivity index (χ0n) is 14.2. The highest BCUT2D eigenvalue weighted by atomic mass is 16.5. The second-order valence-electron chi connectivity index (χ2n) is 6.28. The first-order valence-corrected chi connectivity index (χ1v) is 8.17. The first kappa shape index (κ1) is 16.9. The lowest BCUT2D eigenvalue weighted by Gasteiger charge is -2.17. The number of rotatable bonds is 6. The lowest BCUT2D eigenvalue weighted by Crippen LogP contribution is -2.27. The molecule has 0 radical (unpaired) electrons. The van der Waals surface area contributed by atoms with Gasteiger partial charge in [0.2, 0.25) is 11.7 Å². The molecule has 0 unspecified atom stereocenters. The maximum absolute atomic E-state index is 11.8. The second kappa shape index (κ2) is 7.33. The molecule has 132 valence electrons. The zero-order chi connectivity index (χ0) is 17.8. The Kier molecular flexibility index (Phi) is 4.97. The van der Waals surface area contributed by atoms with Crippen molar-refractivity contribution in [1.29, 1.82) is 0 Å². The minimum absolute atomic E-state index is 0.000121. The van der Waals surface area contributed by atoms with Gasteiger partial charge in [-0.3, -0.25) is 9.59 Å². The summed E-state index contributed by atoms with van der Waals surface area (Å²) in [4.78, 5) is 27.3. The van der Waals surface area contributed by atoms with Gasteiger partial charge in [0.1, 0.15) is 5.75 Å². The van der Waals surface area contributed by atoms with Crippen LogP contribution in [0.5, 0.6) is 5.75 Å². The smallest absolute Gasteiger partial charge is 0.316 e. The molecule has 2 aromatic rings. The third-order valence-electron chi connectivity index (χ3n) is 3.68. The van der Waals surface area contributed by atoms with Crippen LogP contribution in [0.4, 0.5) is 5.69 Å². The summed E-state index contributed by atoms with van der Waals surface area (Å²) in [6.07, 6.45) is 1.22. The molecule has 8 heteroatoms. The van der Waals surface area contributed by atoms with Gasteiger partial charge in [-0.05, 0) is 24.0 Å². The van der Waals surface area contributed by atoms with Gasteiger partial charge in [0.05, 0.1) is 0 Å². The fourth-order valence-electron chi connectivity index (χ4n) is 2.37. The normalized spacial score (nSPS) is 13.3. The Morgan fingerprint density at radius 3 is 3.04 bits per heavy atom. The summed E-state index contributed by atoms with van der Waals surface area (Å²) in [5, 5.41) is 9.26. The molecule has 2 heterocycles. The monoisotopic (exact) mass is 344 g/mol. The maximum Gasteiger partial charge on any atom is 0.316 e. The molecule has 0 atom stereocenters. The fraction of sp³-hybridized carbons (Fsp3) is 0.412. The van der Waals surface area contributed by atoms with E-state index < -0.39 is 5.91 Å². The van der Waals surface area contributed by atoms with Crippen molar-refractivity contribution >= 4 is 17.5 Å². The van der Waals surface area contributed by atoms with E-state index in [1.165, 1.54) is 0 Å². The van der Waals surface area contributed by atoms with Crippen LogP contribution in [-0.2, 0) is 17.8 Å². The number of aromatic nitrogens is 2. The van der Waals surface area contributed by atoms with Gasteiger partial charge in [-0.25, -0.2) is 0 Å². The molecule has 8 nitrogen and oxygen atoms in total. The number of fused-ring (bicyclic) bond motifs is 1. The fourth-order valence-corrected chi connectivity index (χ4v) is 2.37. The van der Waals surface area contributed by atoms with Crippen molar-refractivity contribution < 1.29 is 18.8 Å². The van der Waals surface area contributed by atoms with E-state index in [-0.39, 0.29) is 24.2 Å². The van der Waals surface area contributed by atoms with Crippen LogP contribution in [0.2, 0.25) is 0 Å². The van der Waals surface area contributed by atoms with E-state index in [0.717, 1.165) is 17.7 Å². The predicted octanol–water partition coefficient (Wildman–Crippen LogP) is 1.92. The number of nitrogens with one attached hydrogen (secondary N) is 2. The number of amides is 2. The number of aryl methyl sites for hydroxylation is 1. The summed E-state index contributed by atoms with van der Waals surface area (Å²) in [6, 6.07) is 5.51. The van der Waals surface area contributed by atoms with Crippen LogP contribution in [0.1, 0.15) is 42.3 Å². The molecule has 3 rings (SSSR count). The molecule has 0 bridgehead atoms. The highest BCUT2D eigenvalue weighted by molar-refractivity contribution is 5.94. The Hall–Kier alpha value is -2.90. The number of nitrogens with zero attached hydrogens (tertiary/aromatic N) is 2. The van der Waals surface area contributed by atoms with E-state index >= 15 is 0 Å². The summed E-state index contributed by atoms with van der Waals surface area (Å²) >= 11 is 0. The van der Waals surface area contributed by atoms with Gasteiger partial charge in [0, 0.05) is 24.7 Å². The molecule has 1 aliphatic rings. The molecule has 0 saturated carbocycles. The van der Waals surface area contributed by atoms with Crippen LogP contribution in [0.25, 0.3) is 0 Å². The number of ether oxygens (including phenoxy) is 1. The van der Waals surface area contributed by atoms with Gasteiger partial charge >= 0.3 is 11.8 Å². The molecule has 0 saturated heterocycles. The van der Waals surface area contributed by atoms with Crippen molar-refractivity contribution in [3.63, 3.8) is 0 Å². The molecule has 0 aliphatic carbocycles. The van der Waals surface area contributed by atoms with Gasteiger partial charge in [0.15, 0.2) is 6.61 Å². The maximum atomic E-state index is 11.8. The lowest BCUT2D eigenvalue weighted by atomic mass is 10.0. The van der Waals surface area contributed by atoms with Gasteiger partial charge in [-0.15, -0.1) is 0 Å². The first-order chi connectivity index (χ1) is 12.0. The highest BCUT2D eigenvalue weighted by Gasteiger charge is 2.17. The number of hydrogen-bond acceptors (Lipinski definition) is 6. The summed E-state index contributed by atoms with van der Waals surface area (Å²) in [5.41, 5.74) is 1.84. The summed E-state index contributed by atoms with van der Waals surface area (Å²) in [5.74, 6) is 0.702. The van der Waals surface area contributed by atoms with Gasteiger partial charge in [0.25, 0.3) is 0 Å². The number of carbonyl (C=O) groups is 2. The van der Waals surface area contributed by atoms with Crippen LogP contribution in [0, 0.1) is 5.92 Å². The third-order valence-corrected chi connectivity index (χ3v) is 3.68. The molecule has 2 N–H and O–H groups in total. The largest absolute Gasteiger partial charge is 0.485 e. The van der Waals surface area contributed by atoms with Crippen LogP contribution in [-0.4, -0.2) is 28.5 Å². The highest BCUT2D eigenvalue weighted by Crippen LogP contribution is 2.27. The molecule has 0 fully saturated rings. The van der Waals surface area contributed by atoms with Crippen molar-refractivity contribution in [3.8, 4) is 5.75 Å². The van der Waals surface area contributed by atoms with E-state index in [1.807, 2.05) is 26.0 Å². The summed E-state index contributed by atoms with van der Waals surface area (Å²) in [7, 11) is 0. The molecular weight excluding hydrogens is 324 g/mol. The molecule has 25 heavy (non-hydrogen) atoms. The Bertz CT molecular complexity index is 785. The van der Waals surface area contributed by atoms with Crippen LogP contribution < -0.4 is 15.4 Å². The minimum atomic E-state index is -0.399. The van der Waals surface area contributed by atoms with E-state index in [2.05, 4.69) is 20.8 Å². The Balaban J connectivity index is 1.58. The zero-order valence-corrected chi connectivity index (χ0v) is 14.2. The molecule has 1 aliphatic heterocycles. The second-order valence-corrected chi connectivity index (χ2v) is 6.28. The number of carbonyl (C=O) groups excluding carboxylic acids is 2. The van der Waals surface area contributed by atoms with Crippen molar-refractivity contribution in [2.45, 2.75) is 33.3 Å². The van der Waals surface area contributed by atoms with Crippen LogP contribution in [0.3, 0.4) is 0 Å². The average Bonchev–Trinajstić information content (AvgIpc) is 3.06.